The Kier molecular flexibility index (Phi) is 7.47. The van der Waals surface area contributed by atoms with Crippen molar-refractivity contribution in [1.29, 1.82) is 0 Å². The van der Waals surface area contributed by atoms with Crippen LogP contribution in [-0.4, -0.2) is 53.0 Å². The minimum Gasteiger partial charge on any atom is -0.495 e. The van der Waals surface area contributed by atoms with Crippen molar-refractivity contribution in [3.05, 3.63) is 41.2 Å². The summed E-state index contributed by atoms with van der Waals surface area (Å²) in [6.07, 6.45) is 0.603. The summed E-state index contributed by atoms with van der Waals surface area (Å²) in [6.45, 7) is 0.225. The third-order valence-electron chi connectivity index (χ3n) is 5.30. The molecule has 0 atom stereocenters. The van der Waals surface area contributed by atoms with Gasteiger partial charge in [0.15, 0.2) is 0 Å². The maximum atomic E-state index is 13.7. The molecule has 0 aromatic heterocycles. The Morgan fingerprint density at radius 3 is 2.25 bits per heavy atom. The van der Waals surface area contributed by atoms with Gasteiger partial charge in [0.1, 0.15) is 28.0 Å². The average molecular weight is 487 g/mol. The molecule has 0 radical (unpaired) electrons. The Balaban J connectivity index is 1.71. The fraction of sp³-hybridized carbons (Fsp3) is 0.381. The first kappa shape index (κ1) is 24.1. The third kappa shape index (κ3) is 4.92. The van der Waals surface area contributed by atoms with Gasteiger partial charge in [-0.3, -0.25) is 4.79 Å². The summed E-state index contributed by atoms with van der Waals surface area (Å²) in [5, 5.41) is 3.15. The van der Waals surface area contributed by atoms with E-state index in [1.807, 2.05) is 0 Å². The highest BCUT2D eigenvalue weighted by atomic mass is 35.5. The lowest BCUT2D eigenvalue weighted by Crippen LogP contribution is -2.41. The number of carbonyl (C=O) groups excluding carboxylic acids is 1. The SMILES string of the molecule is COc1cc(NC(=O)C2CCN(S(=O)(=O)c3cc(F)ccc3OC)CC2)c(OC)cc1Cl. The van der Waals surface area contributed by atoms with Crippen molar-refractivity contribution in [2.75, 3.05) is 39.7 Å². The van der Waals surface area contributed by atoms with Gasteiger partial charge in [0, 0.05) is 31.1 Å². The second kappa shape index (κ2) is 9.93. The number of hydrogen-bond donors (Lipinski definition) is 1. The molecule has 0 saturated carbocycles. The van der Waals surface area contributed by atoms with Crippen molar-refractivity contribution in [3.63, 3.8) is 0 Å². The lowest BCUT2D eigenvalue weighted by atomic mass is 9.97. The van der Waals surface area contributed by atoms with E-state index in [-0.39, 0.29) is 29.6 Å². The minimum absolute atomic E-state index is 0.0649. The minimum atomic E-state index is -3.97. The van der Waals surface area contributed by atoms with Gasteiger partial charge in [-0.05, 0) is 31.0 Å². The molecule has 2 aromatic rings. The van der Waals surface area contributed by atoms with Gasteiger partial charge in [-0.2, -0.15) is 4.31 Å². The molecule has 1 saturated heterocycles. The maximum absolute atomic E-state index is 13.7. The van der Waals surface area contributed by atoms with Crippen molar-refractivity contribution >= 4 is 33.2 Å². The fourth-order valence-electron chi connectivity index (χ4n) is 3.54. The van der Waals surface area contributed by atoms with Crippen LogP contribution < -0.4 is 19.5 Å². The smallest absolute Gasteiger partial charge is 0.246 e. The van der Waals surface area contributed by atoms with Gasteiger partial charge in [0.2, 0.25) is 15.9 Å². The summed E-state index contributed by atoms with van der Waals surface area (Å²) in [6, 6.07) is 6.45. The molecule has 1 heterocycles. The molecule has 32 heavy (non-hydrogen) atoms. The van der Waals surface area contributed by atoms with Crippen LogP contribution in [0.15, 0.2) is 35.2 Å². The zero-order valence-electron chi connectivity index (χ0n) is 17.9. The number of anilines is 1. The standard InChI is InChI=1S/C21H24ClFN2O6S/c1-29-17-5-4-14(23)10-20(17)32(27,28)25-8-6-13(7-9-25)21(26)24-16-12-18(30-2)15(22)11-19(16)31-3/h4-5,10-13H,6-9H2,1-3H3,(H,24,26). The van der Waals surface area contributed by atoms with E-state index in [1.165, 1.54) is 37.8 Å². The molecule has 1 N–H and O–H groups in total. The summed E-state index contributed by atoms with van der Waals surface area (Å²) in [5.74, 6) is -0.536. The molecule has 8 nitrogen and oxygen atoms in total. The predicted molar refractivity (Wildman–Crippen MR) is 118 cm³/mol. The number of sulfonamides is 1. The highest BCUT2D eigenvalue weighted by molar-refractivity contribution is 7.89. The van der Waals surface area contributed by atoms with Crippen LogP contribution in [-0.2, 0) is 14.8 Å². The Morgan fingerprint density at radius 2 is 1.66 bits per heavy atom. The number of halogens is 2. The van der Waals surface area contributed by atoms with Gasteiger partial charge < -0.3 is 19.5 Å². The number of piperidine rings is 1. The van der Waals surface area contributed by atoms with Crippen LogP contribution in [0.25, 0.3) is 0 Å². The fourth-order valence-corrected chi connectivity index (χ4v) is 5.41. The zero-order chi connectivity index (χ0) is 23.5. The lowest BCUT2D eigenvalue weighted by molar-refractivity contribution is -0.120. The van der Waals surface area contributed by atoms with E-state index < -0.39 is 21.8 Å². The Bertz CT molecular complexity index is 1100. The quantitative estimate of drug-likeness (QED) is 0.643. The second-order valence-electron chi connectivity index (χ2n) is 7.15. The molecule has 0 unspecified atom stereocenters. The molecule has 11 heteroatoms. The van der Waals surface area contributed by atoms with Crippen molar-refractivity contribution < 1.29 is 31.8 Å². The summed E-state index contributed by atoms with van der Waals surface area (Å²) in [4.78, 5) is 12.6. The van der Waals surface area contributed by atoms with Gasteiger partial charge in [-0.1, -0.05) is 11.6 Å². The molecule has 1 aliphatic rings. The van der Waals surface area contributed by atoms with E-state index in [4.69, 9.17) is 25.8 Å². The van der Waals surface area contributed by atoms with Gasteiger partial charge >= 0.3 is 0 Å². The molecule has 0 spiro atoms. The van der Waals surface area contributed by atoms with Crippen molar-refractivity contribution in [2.24, 2.45) is 5.92 Å². The average Bonchev–Trinajstić information content (AvgIpc) is 2.79. The van der Waals surface area contributed by atoms with E-state index in [2.05, 4.69) is 5.32 Å². The highest BCUT2D eigenvalue weighted by Crippen LogP contribution is 2.37. The van der Waals surface area contributed by atoms with Gasteiger partial charge in [-0.25, -0.2) is 12.8 Å². The van der Waals surface area contributed by atoms with Gasteiger partial charge in [-0.15, -0.1) is 0 Å². The van der Waals surface area contributed by atoms with Gasteiger partial charge in [0.05, 0.1) is 32.0 Å². The Hall–Kier alpha value is -2.56. The maximum Gasteiger partial charge on any atom is 0.246 e. The molecule has 2 aromatic carbocycles. The summed E-state index contributed by atoms with van der Waals surface area (Å²) in [7, 11) is 0.266. The van der Waals surface area contributed by atoms with Crippen LogP contribution in [0, 0.1) is 11.7 Å². The number of amides is 1. The predicted octanol–water partition coefficient (Wildman–Crippen LogP) is 3.54. The first-order valence-electron chi connectivity index (χ1n) is 9.77. The van der Waals surface area contributed by atoms with Crippen LogP contribution in [0.5, 0.6) is 17.2 Å². The normalized spacial score (nSPS) is 15.3. The number of nitrogens with one attached hydrogen (secondary N) is 1. The van der Waals surface area contributed by atoms with E-state index in [0.717, 1.165) is 12.1 Å². The number of benzene rings is 2. The number of methoxy groups -OCH3 is 3. The number of carbonyl (C=O) groups is 1. The van der Waals surface area contributed by atoms with E-state index >= 15 is 0 Å². The van der Waals surface area contributed by atoms with Crippen LogP contribution in [0.1, 0.15) is 12.8 Å². The molecule has 1 fully saturated rings. The van der Waals surface area contributed by atoms with Crippen molar-refractivity contribution in [2.45, 2.75) is 17.7 Å². The molecular weight excluding hydrogens is 463 g/mol. The van der Waals surface area contributed by atoms with E-state index in [9.17, 15) is 17.6 Å². The van der Waals surface area contributed by atoms with Gasteiger partial charge in [0.25, 0.3) is 0 Å². The molecule has 174 valence electrons. The number of ether oxygens (including phenoxy) is 3. The van der Waals surface area contributed by atoms with E-state index in [0.29, 0.717) is 35.1 Å². The Morgan fingerprint density at radius 1 is 1.03 bits per heavy atom. The van der Waals surface area contributed by atoms with Crippen molar-refractivity contribution in [3.8, 4) is 17.2 Å². The second-order valence-corrected chi connectivity index (χ2v) is 9.46. The summed E-state index contributed by atoms with van der Waals surface area (Å²) >= 11 is 6.09. The monoisotopic (exact) mass is 486 g/mol. The topological polar surface area (TPSA) is 94.2 Å². The van der Waals surface area contributed by atoms with Crippen LogP contribution in [0.2, 0.25) is 5.02 Å². The van der Waals surface area contributed by atoms with Crippen LogP contribution >= 0.6 is 11.6 Å². The molecule has 1 amide bonds. The molecule has 0 bridgehead atoms. The molecular formula is C21H24ClFN2O6S. The van der Waals surface area contributed by atoms with Crippen molar-refractivity contribution in [1.82, 2.24) is 4.31 Å². The first-order valence-corrected chi connectivity index (χ1v) is 11.6. The third-order valence-corrected chi connectivity index (χ3v) is 7.52. The highest BCUT2D eigenvalue weighted by Gasteiger charge is 2.34. The largest absolute Gasteiger partial charge is 0.495 e. The number of rotatable bonds is 7. The Labute approximate surface area is 191 Å². The number of hydrogen-bond acceptors (Lipinski definition) is 6. The molecule has 0 aliphatic carbocycles. The van der Waals surface area contributed by atoms with Crippen LogP contribution in [0.4, 0.5) is 10.1 Å². The molecule has 3 rings (SSSR count). The summed E-state index contributed by atoms with van der Waals surface area (Å²) in [5.41, 5.74) is 0.401. The van der Waals surface area contributed by atoms with Crippen LogP contribution in [0.3, 0.4) is 0 Å². The lowest BCUT2D eigenvalue weighted by Gasteiger charge is -2.31. The number of nitrogens with zero attached hydrogens (tertiary/aromatic N) is 1. The van der Waals surface area contributed by atoms with E-state index in [1.54, 1.807) is 6.07 Å². The first-order chi connectivity index (χ1) is 15.2. The molecule has 1 aliphatic heterocycles. The zero-order valence-corrected chi connectivity index (χ0v) is 19.4. The summed E-state index contributed by atoms with van der Waals surface area (Å²) < 4.78 is 56.5.